The maximum absolute atomic E-state index is 13.2. The zero-order valence-corrected chi connectivity index (χ0v) is 17.0. The van der Waals surface area contributed by atoms with Crippen LogP contribution in [0.25, 0.3) is 5.69 Å². The van der Waals surface area contributed by atoms with Gasteiger partial charge in [0.15, 0.2) is 0 Å². The van der Waals surface area contributed by atoms with Crippen molar-refractivity contribution in [2.45, 2.75) is 31.4 Å². The van der Waals surface area contributed by atoms with E-state index in [-0.39, 0.29) is 24.0 Å². The van der Waals surface area contributed by atoms with Gasteiger partial charge in [0.2, 0.25) is 5.91 Å². The summed E-state index contributed by atoms with van der Waals surface area (Å²) in [6, 6.07) is 18.2. The highest BCUT2D eigenvalue weighted by Gasteiger charge is 2.38. The van der Waals surface area contributed by atoms with Gasteiger partial charge in [-0.15, -0.1) is 0 Å². The number of nitrogens with zero attached hydrogens (tertiary/aromatic N) is 2. The number of aromatic nitrogens is 2. The molecule has 2 atom stereocenters. The Bertz CT molecular complexity index is 1040. The summed E-state index contributed by atoms with van der Waals surface area (Å²) >= 11 is 0. The summed E-state index contributed by atoms with van der Waals surface area (Å²) in [4.78, 5) is 13.2. The third kappa shape index (κ3) is 3.37. The van der Waals surface area contributed by atoms with Crippen LogP contribution in [0.15, 0.2) is 60.8 Å². The zero-order valence-electron chi connectivity index (χ0n) is 17.0. The van der Waals surface area contributed by atoms with E-state index in [1.165, 1.54) is 11.1 Å². The Morgan fingerprint density at radius 2 is 1.83 bits per heavy atom. The molecular weight excluding hydrogens is 378 g/mol. The number of ether oxygens (including phenoxy) is 2. The number of hydrogen-bond acceptors (Lipinski definition) is 4. The van der Waals surface area contributed by atoms with E-state index >= 15 is 0 Å². The Hall–Kier alpha value is -3.12. The van der Waals surface area contributed by atoms with Crippen LogP contribution in [0.1, 0.15) is 29.3 Å². The van der Waals surface area contributed by atoms with Gasteiger partial charge < -0.3 is 14.8 Å². The maximum Gasteiger partial charge on any atom is 0.226 e. The number of rotatable bonds is 5. The van der Waals surface area contributed by atoms with Crippen molar-refractivity contribution in [2.24, 2.45) is 5.92 Å². The van der Waals surface area contributed by atoms with Crippen molar-refractivity contribution in [3.05, 3.63) is 77.6 Å². The summed E-state index contributed by atoms with van der Waals surface area (Å²) in [5, 5.41) is 7.76. The van der Waals surface area contributed by atoms with Crippen LogP contribution < -0.4 is 10.1 Å². The van der Waals surface area contributed by atoms with Gasteiger partial charge in [0.25, 0.3) is 0 Å². The van der Waals surface area contributed by atoms with Gasteiger partial charge in [-0.2, -0.15) is 5.10 Å². The fourth-order valence-electron chi connectivity index (χ4n) is 4.65. The minimum atomic E-state index is -0.332. The van der Waals surface area contributed by atoms with Crippen molar-refractivity contribution >= 4 is 5.91 Å². The highest BCUT2D eigenvalue weighted by atomic mass is 16.5. The predicted octanol–water partition coefficient (Wildman–Crippen LogP) is 3.24. The average Bonchev–Trinajstić information content (AvgIpc) is 3.51. The van der Waals surface area contributed by atoms with Crippen molar-refractivity contribution in [3.63, 3.8) is 0 Å². The SMILES string of the molecule is COc1ccccc1-n1nccc1[C@H]1OCC[C@@H]1C(=O)NC1Cc2ccccc2C1. The van der Waals surface area contributed by atoms with Gasteiger partial charge in [0.05, 0.1) is 18.7 Å². The summed E-state index contributed by atoms with van der Waals surface area (Å²) in [6.45, 7) is 0.560. The quantitative estimate of drug-likeness (QED) is 0.710. The predicted molar refractivity (Wildman–Crippen MR) is 113 cm³/mol. The summed E-state index contributed by atoms with van der Waals surface area (Å²) in [5.74, 6) is 0.548. The number of carbonyl (C=O) groups is 1. The molecule has 1 aliphatic carbocycles. The molecule has 6 nitrogen and oxygen atoms in total. The molecule has 0 unspecified atom stereocenters. The lowest BCUT2D eigenvalue weighted by Crippen LogP contribution is -2.40. The molecule has 0 bridgehead atoms. The number of nitrogens with one attached hydrogen (secondary N) is 1. The molecule has 0 saturated carbocycles. The number of fused-ring (bicyclic) bond motifs is 1. The fourth-order valence-corrected chi connectivity index (χ4v) is 4.65. The van der Waals surface area contributed by atoms with Crippen LogP contribution in [-0.2, 0) is 22.4 Å². The molecule has 2 aliphatic rings. The van der Waals surface area contributed by atoms with E-state index in [0.29, 0.717) is 13.0 Å². The van der Waals surface area contributed by atoms with Crippen molar-refractivity contribution in [1.82, 2.24) is 15.1 Å². The molecule has 1 fully saturated rings. The van der Waals surface area contributed by atoms with Crippen LogP contribution in [0.2, 0.25) is 0 Å². The molecule has 6 heteroatoms. The molecule has 1 aromatic heterocycles. The minimum absolute atomic E-state index is 0.0584. The van der Waals surface area contributed by atoms with Crippen molar-refractivity contribution in [1.29, 1.82) is 0 Å². The molecule has 5 rings (SSSR count). The van der Waals surface area contributed by atoms with E-state index in [4.69, 9.17) is 9.47 Å². The normalized spacial score (nSPS) is 20.8. The van der Waals surface area contributed by atoms with Crippen molar-refractivity contribution in [2.75, 3.05) is 13.7 Å². The Morgan fingerprint density at radius 3 is 2.60 bits per heavy atom. The third-order valence-corrected chi connectivity index (χ3v) is 6.10. The number of amides is 1. The van der Waals surface area contributed by atoms with Gasteiger partial charge in [0.1, 0.15) is 17.5 Å². The maximum atomic E-state index is 13.2. The molecule has 1 aliphatic heterocycles. The summed E-state index contributed by atoms with van der Waals surface area (Å²) < 4.78 is 13.4. The van der Waals surface area contributed by atoms with Crippen LogP contribution in [-0.4, -0.2) is 35.4 Å². The van der Waals surface area contributed by atoms with Gasteiger partial charge in [-0.05, 0) is 48.6 Å². The minimum Gasteiger partial charge on any atom is -0.494 e. The van der Waals surface area contributed by atoms with Gasteiger partial charge >= 0.3 is 0 Å². The number of hydrogen-bond donors (Lipinski definition) is 1. The first kappa shape index (κ1) is 18.9. The molecule has 0 radical (unpaired) electrons. The Balaban J connectivity index is 1.35. The smallest absolute Gasteiger partial charge is 0.226 e. The lowest BCUT2D eigenvalue weighted by Gasteiger charge is -2.22. The molecule has 154 valence electrons. The first-order valence-corrected chi connectivity index (χ1v) is 10.4. The van der Waals surface area contributed by atoms with E-state index in [1.54, 1.807) is 13.3 Å². The van der Waals surface area contributed by atoms with Crippen LogP contribution >= 0.6 is 0 Å². The molecule has 0 spiro atoms. The number of carbonyl (C=O) groups excluding carboxylic acids is 1. The second kappa shape index (κ2) is 7.95. The molecular formula is C24H25N3O3. The van der Waals surface area contributed by atoms with E-state index in [0.717, 1.165) is 30.0 Å². The first-order valence-electron chi connectivity index (χ1n) is 10.4. The van der Waals surface area contributed by atoms with Crippen LogP contribution in [0.4, 0.5) is 0 Å². The Morgan fingerprint density at radius 1 is 1.10 bits per heavy atom. The molecule has 2 aromatic carbocycles. The number of para-hydroxylation sites is 2. The van der Waals surface area contributed by atoms with Crippen LogP contribution in [0, 0.1) is 5.92 Å². The third-order valence-electron chi connectivity index (χ3n) is 6.10. The second-order valence-electron chi connectivity index (χ2n) is 7.91. The molecule has 1 N–H and O–H groups in total. The second-order valence-corrected chi connectivity index (χ2v) is 7.91. The van der Waals surface area contributed by atoms with Gasteiger partial charge in [0, 0.05) is 18.8 Å². The molecule has 1 saturated heterocycles. The first-order chi connectivity index (χ1) is 14.7. The molecule has 3 aromatic rings. The van der Waals surface area contributed by atoms with Crippen molar-refractivity contribution < 1.29 is 14.3 Å². The Kier molecular flexibility index (Phi) is 5.01. The van der Waals surface area contributed by atoms with E-state index in [9.17, 15) is 4.79 Å². The van der Waals surface area contributed by atoms with Gasteiger partial charge in [-0.1, -0.05) is 36.4 Å². The average molecular weight is 403 g/mol. The highest BCUT2D eigenvalue weighted by Crippen LogP contribution is 2.37. The topological polar surface area (TPSA) is 65.4 Å². The van der Waals surface area contributed by atoms with Crippen LogP contribution in [0.3, 0.4) is 0 Å². The van der Waals surface area contributed by atoms with E-state index in [2.05, 4.69) is 34.7 Å². The Labute approximate surface area is 175 Å². The molecule has 1 amide bonds. The number of benzene rings is 2. The highest BCUT2D eigenvalue weighted by molar-refractivity contribution is 5.80. The van der Waals surface area contributed by atoms with E-state index < -0.39 is 0 Å². The van der Waals surface area contributed by atoms with Crippen LogP contribution in [0.5, 0.6) is 5.75 Å². The summed E-state index contributed by atoms with van der Waals surface area (Å²) in [6.07, 6.45) is 3.89. The number of methoxy groups -OCH3 is 1. The zero-order chi connectivity index (χ0) is 20.5. The monoisotopic (exact) mass is 403 g/mol. The summed E-state index contributed by atoms with van der Waals surface area (Å²) in [5.41, 5.74) is 4.36. The largest absolute Gasteiger partial charge is 0.494 e. The van der Waals surface area contributed by atoms with Gasteiger partial charge in [-0.3, -0.25) is 4.79 Å². The van der Waals surface area contributed by atoms with E-state index in [1.807, 2.05) is 35.0 Å². The van der Waals surface area contributed by atoms with Crippen molar-refractivity contribution in [3.8, 4) is 11.4 Å². The molecule has 30 heavy (non-hydrogen) atoms. The molecule has 2 heterocycles. The summed E-state index contributed by atoms with van der Waals surface area (Å²) in [7, 11) is 1.64. The standard InChI is InChI=1S/C24H25N3O3/c1-29-22-9-5-4-8-20(22)27-21(10-12-25-27)23-19(11-13-30-23)24(28)26-18-14-16-6-2-3-7-17(16)15-18/h2-10,12,18-19,23H,11,13-15H2,1H3,(H,26,28)/t19-,23-/m0/s1. The van der Waals surface area contributed by atoms with Gasteiger partial charge in [-0.25, -0.2) is 4.68 Å². The lowest BCUT2D eigenvalue weighted by molar-refractivity contribution is -0.127. The lowest BCUT2D eigenvalue weighted by atomic mass is 9.97. The fraction of sp³-hybridized carbons (Fsp3) is 0.333.